The summed E-state index contributed by atoms with van der Waals surface area (Å²) >= 11 is 1.36. The Hall–Kier alpha value is -3.74. The molecule has 1 amide bonds. The van der Waals surface area contributed by atoms with E-state index in [1.54, 1.807) is 17.1 Å². The smallest absolute Gasteiger partial charge is 0.282 e. The van der Waals surface area contributed by atoms with E-state index in [-0.39, 0.29) is 17.4 Å². The van der Waals surface area contributed by atoms with Crippen molar-refractivity contribution in [2.45, 2.75) is 57.7 Å². The predicted molar refractivity (Wildman–Crippen MR) is 157 cm³/mol. The first-order chi connectivity index (χ1) is 19.7. The highest BCUT2D eigenvalue weighted by atomic mass is 32.1. The second-order valence-corrected chi connectivity index (χ2v) is 12.6. The maximum atomic E-state index is 13.3. The number of anilines is 2. The molecule has 2 aliphatic heterocycles. The van der Waals surface area contributed by atoms with Crippen LogP contribution in [0.5, 0.6) is 0 Å². The first-order valence-corrected chi connectivity index (χ1v) is 14.7. The van der Waals surface area contributed by atoms with Gasteiger partial charge in [0.1, 0.15) is 5.01 Å². The summed E-state index contributed by atoms with van der Waals surface area (Å²) in [4.78, 5) is 25.0. The molecule has 1 fully saturated rings. The van der Waals surface area contributed by atoms with Gasteiger partial charge in [-0.2, -0.15) is 5.10 Å². The number of aryl methyl sites for hydroxylation is 1. The zero-order valence-corrected chi connectivity index (χ0v) is 24.6. The van der Waals surface area contributed by atoms with Gasteiger partial charge in [-0.25, -0.2) is 9.97 Å². The Morgan fingerprint density at radius 1 is 1.17 bits per heavy atom. The number of amides is 1. The van der Waals surface area contributed by atoms with Gasteiger partial charge in [0.15, 0.2) is 0 Å². The Kier molecular flexibility index (Phi) is 7.54. The van der Waals surface area contributed by atoms with E-state index in [4.69, 9.17) is 9.72 Å². The monoisotopic (exact) mass is 573 g/mol. The molecule has 1 saturated heterocycles. The van der Waals surface area contributed by atoms with Gasteiger partial charge in [0.25, 0.3) is 5.91 Å². The van der Waals surface area contributed by atoms with Crippen LogP contribution in [0.25, 0.3) is 11.3 Å². The number of rotatable bonds is 6. The van der Waals surface area contributed by atoms with Crippen molar-refractivity contribution in [3.05, 3.63) is 64.0 Å². The van der Waals surface area contributed by atoms with E-state index in [9.17, 15) is 4.79 Å². The van der Waals surface area contributed by atoms with Crippen LogP contribution < -0.4 is 10.6 Å². The van der Waals surface area contributed by atoms with Crippen molar-refractivity contribution in [3.63, 3.8) is 0 Å². The van der Waals surface area contributed by atoms with Crippen LogP contribution in [0.4, 0.5) is 11.6 Å². The first kappa shape index (κ1) is 27.4. The molecule has 0 bridgehead atoms. The van der Waals surface area contributed by atoms with Crippen LogP contribution in [-0.2, 0) is 23.7 Å². The minimum atomic E-state index is -0.183. The highest BCUT2D eigenvalue weighted by molar-refractivity contribution is 7.13. The van der Waals surface area contributed by atoms with Gasteiger partial charge in [-0.15, -0.1) is 10.2 Å². The Morgan fingerprint density at radius 3 is 2.78 bits per heavy atom. The molecule has 2 aliphatic rings. The lowest BCUT2D eigenvalue weighted by molar-refractivity contribution is 0.0928. The highest BCUT2D eigenvalue weighted by Gasteiger charge is 2.31. The zero-order chi connectivity index (χ0) is 28.6. The standard InChI is InChI=1S/C29H35N9O2S/c1-29(2,3)27-36-35-26(41-27)25(39)33-24-8-11-38(21-9-12-40-17-21)15-19-13-18(5-6-22(19)24)23-7-10-30-28(34-23)32-20-14-31-37(4)16-20/h5-7,10,13-14,16,21,24H,8-9,11-12,15,17H2,1-4H3,(H,33,39)(H,30,32,34). The fourth-order valence-corrected chi connectivity index (χ4v) is 6.10. The molecule has 41 heavy (non-hydrogen) atoms. The molecule has 214 valence electrons. The highest BCUT2D eigenvalue weighted by Crippen LogP contribution is 2.33. The summed E-state index contributed by atoms with van der Waals surface area (Å²) in [5, 5.41) is 20.4. The van der Waals surface area contributed by atoms with Gasteiger partial charge >= 0.3 is 0 Å². The molecule has 11 nitrogen and oxygen atoms in total. The van der Waals surface area contributed by atoms with Gasteiger partial charge in [0, 0.05) is 56.2 Å². The number of nitrogens with one attached hydrogen (secondary N) is 2. The van der Waals surface area contributed by atoms with E-state index in [0.717, 1.165) is 66.7 Å². The molecule has 2 unspecified atom stereocenters. The fraction of sp³-hybridized carbons (Fsp3) is 0.448. The quantitative estimate of drug-likeness (QED) is 0.349. The molecular formula is C29H35N9O2S. The molecule has 2 atom stereocenters. The lowest BCUT2D eigenvalue weighted by Crippen LogP contribution is -2.36. The lowest BCUT2D eigenvalue weighted by Gasteiger charge is -2.26. The first-order valence-electron chi connectivity index (χ1n) is 13.9. The third-order valence-electron chi connectivity index (χ3n) is 7.50. The SMILES string of the molecule is Cn1cc(Nc2nccc(-c3ccc4c(c3)CN(C3CCOC3)CCC4NC(=O)c3nnc(C(C)(C)C)s3)n2)cn1. The molecule has 12 heteroatoms. The van der Waals surface area contributed by atoms with Crippen molar-refractivity contribution in [3.8, 4) is 11.3 Å². The molecule has 5 heterocycles. The average Bonchev–Trinajstić information content (AvgIpc) is 3.71. The van der Waals surface area contributed by atoms with Crippen molar-refractivity contribution >= 4 is 28.9 Å². The maximum absolute atomic E-state index is 13.3. The summed E-state index contributed by atoms with van der Waals surface area (Å²) in [6, 6.07) is 8.53. The van der Waals surface area contributed by atoms with E-state index in [1.165, 1.54) is 16.9 Å². The molecule has 0 spiro atoms. The molecule has 3 aromatic heterocycles. The number of ether oxygens (including phenoxy) is 1. The number of fused-ring (bicyclic) bond motifs is 1. The molecule has 0 radical (unpaired) electrons. The summed E-state index contributed by atoms with van der Waals surface area (Å²) in [5.74, 6) is 0.324. The van der Waals surface area contributed by atoms with Crippen LogP contribution in [0.15, 0.2) is 42.9 Å². The largest absolute Gasteiger partial charge is 0.380 e. The lowest BCUT2D eigenvalue weighted by atomic mass is 9.96. The molecule has 0 aliphatic carbocycles. The normalized spacial score (nSPS) is 19.5. The summed E-state index contributed by atoms with van der Waals surface area (Å²) in [6.45, 7) is 9.39. The van der Waals surface area contributed by atoms with E-state index in [2.05, 4.69) is 74.8 Å². The van der Waals surface area contributed by atoms with E-state index in [0.29, 0.717) is 17.0 Å². The minimum Gasteiger partial charge on any atom is -0.380 e. The number of benzene rings is 1. The van der Waals surface area contributed by atoms with Crippen molar-refractivity contribution in [2.24, 2.45) is 7.05 Å². The molecule has 6 rings (SSSR count). The van der Waals surface area contributed by atoms with Crippen molar-refractivity contribution < 1.29 is 9.53 Å². The third-order valence-corrected chi connectivity index (χ3v) is 8.85. The number of carbonyl (C=O) groups excluding carboxylic acids is 1. The van der Waals surface area contributed by atoms with Gasteiger partial charge in [-0.3, -0.25) is 14.4 Å². The maximum Gasteiger partial charge on any atom is 0.282 e. The van der Waals surface area contributed by atoms with E-state index >= 15 is 0 Å². The number of aromatic nitrogens is 6. The molecule has 2 N–H and O–H groups in total. The Bertz CT molecular complexity index is 1540. The van der Waals surface area contributed by atoms with E-state index in [1.807, 2.05) is 19.3 Å². The number of carbonyl (C=O) groups is 1. The summed E-state index contributed by atoms with van der Waals surface area (Å²) in [5.41, 5.74) is 4.77. The van der Waals surface area contributed by atoms with Crippen LogP contribution in [0.3, 0.4) is 0 Å². The number of hydrogen-bond donors (Lipinski definition) is 2. The molecule has 4 aromatic rings. The van der Waals surface area contributed by atoms with E-state index < -0.39 is 0 Å². The summed E-state index contributed by atoms with van der Waals surface area (Å²) in [7, 11) is 1.87. The summed E-state index contributed by atoms with van der Waals surface area (Å²) in [6.07, 6.45) is 7.18. The van der Waals surface area contributed by atoms with Gasteiger partial charge in [-0.05, 0) is 36.1 Å². The van der Waals surface area contributed by atoms with Gasteiger partial charge in [-0.1, -0.05) is 44.2 Å². The predicted octanol–water partition coefficient (Wildman–Crippen LogP) is 4.24. The van der Waals surface area contributed by atoms with Crippen LogP contribution in [-0.4, -0.2) is 66.6 Å². The van der Waals surface area contributed by atoms with Crippen molar-refractivity contribution in [2.75, 3.05) is 25.1 Å². The second-order valence-electron chi connectivity index (χ2n) is 11.7. The van der Waals surface area contributed by atoms with Gasteiger partial charge in [0.2, 0.25) is 11.0 Å². The second kappa shape index (κ2) is 11.3. The third kappa shape index (κ3) is 6.14. The summed E-state index contributed by atoms with van der Waals surface area (Å²) < 4.78 is 7.45. The van der Waals surface area contributed by atoms with Crippen LogP contribution >= 0.6 is 11.3 Å². The van der Waals surface area contributed by atoms with Crippen LogP contribution in [0.1, 0.15) is 65.6 Å². The minimum absolute atomic E-state index is 0.144. The Labute approximate surface area is 243 Å². The van der Waals surface area contributed by atoms with Gasteiger partial charge in [0.05, 0.1) is 30.2 Å². The average molecular weight is 574 g/mol. The molecule has 0 saturated carbocycles. The van der Waals surface area contributed by atoms with Crippen LogP contribution in [0.2, 0.25) is 0 Å². The molecular weight excluding hydrogens is 538 g/mol. The number of nitrogens with zero attached hydrogens (tertiary/aromatic N) is 7. The van der Waals surface area contributed by atoms with Crippen LogP contribution in [0, 0.1) is 0 Å². The van der Waals surface area contributed by atoms with Crippen molar-refractivity contribution in [1.29, 1.82) is 0 Å². The fourth-order valence-electron chi connectivity index (χ4n) is 5.29. The topological polar surface area (TPSA) is 123 Å². The number of hydrogen-bond acceptors (Lipinski definition) is 10. The zero-order valence-electron chi connectivity index (χ0n) is 23.8. The Balaban J connectivity index is 1.28. The van der Waals surface area contributed by atoms with Gasteiger partial charge < -0.3 is 15.4 Å². The molecule has 1 aromatic carbocycles. The Morgan fingerprint density at radius 2 is 2.05 bits per heavy atom. The van der Waals surface area contributed by atoms with Crippen molar-refractivity contribution in [1.82, 2.24) is 40.2 Å².